The normalized spacial score (nSPS) is 12.0. The van der Waals surface area contributed by atoms with Gasteiger partial charge in [-0.3, -0.25) is 9.78 Å². The summed E-state index contributed by atoms with van der Waals surface area (Å²) in [7, 11) is 0. The summed E-state index contributed by atoms with van der Waals surface area (Å²) in [6.45, 7) is 0. The monoisotopic (exact) mass is 428 g/mol. The highest BCUT2D eigenvalue weighted by Gasteiger charge is 2.37. The van der Waals surface area contributed by atoms with Gasteiger partial charge in [-0.05, 0) is 42.5 Å². The van der Waals surface area contributed by atoms with E-state index in [2.05, 4.69) is 4.98 Å². The molecule has 3 aromatic rings. The fraction of sp³-hybridized carbons (Fsp3) is 0.100. The Kier molecular flexibility index (Phi) is 5.51. The van der Waals surface area contributed by atoms with Crippen molar-refractivity contribution < 1.29 is 35.5 Å². The van der Waals surface area contributed by atoms with Gasteiger partial charge in [0.2, 0.25) is 0 Å². The smallest absolute Gasteiger partial charge is 0.322 e. The molecule has 0 bridgehead atoms. The predicted molar refractivity (Wildman–Crippen MR) is 94.0 cm³/mol. The number of rotatable bonds is 3. The van der Waals surface area contributed by atoms with Crippen molar-refractivity contribution >= 4 is 11.6 Å². The zero-order valence-corrected chi connectivity index (χ0v) is 14.8. The average Bonchev–Trinajstić information content (AvgIpc) is 2.67. The van der Waals surface area contributed by atoms with E-state index in [1.807, 2.05) is 5.32 Å². The minimum Gasteiger partial charge on any atom is -0.322 e. The van der Waals surface area contributed by atoms with E-state index in [4.69, 9.17) is 0 Å². The van der Waals surface area contributed by atoms with Crippen LogP contribution in [0.25, 0.3) is 11.3 Å². The fourth-order valence-electron chi connectivity index (χ4n) is 2.59. The second kappa shape index (κ2) is 7.77. The van der Waals surface area contributed by atoms with E-state index in [1.165, 1.54) is 30.3 Å². The van der Waals surface area contributed by atoms with Crippen LogP contribution < -0.4 is 5.32 Å². The summed E-state index contributed by atoms with van der Waals surface area (Å²) in [6, 6.07) is 9.01. The Morgan fingerprint density at radius 1 is 0.833 bits per heavy atom. The first-order valence-corrected chi connectivity index (χ1v) is 8.27. The third kappa shape index (κ3) is 4.76. The van der Waals surface area contributed by atoms with Gasteiger partial charge in [0.15, 0.2) is 0 Å². The number of aromatic nitrogens is 1. The molecular weight excluding hydrogens is 417 g/mol. The SMILES string of the molecule is O=C(Nc1cc(C(F)(F)F)cc(C(F)(F)F)c1)c1ccc(-c2ccccc2F)nc1. The Morgan fingerprint density at radius 3 is 1.93 bits per heavy atom. The van der Waals surface area contributed by atoms with Crippen LogP contribution in [0.2, 0.25) is 0 Å². The molecule has 10 heteroatoms. The van der Waals surface area contributed by atoms with Crippen molar-refractivity contribution in [1.82, 2.24) is 4.98 Å². The van der Waals surface area contributed by atoms with Gasteiger partial charge in [-0.15, -0.1) is 0 Å². The van der Waals surface area contributed by atoms with Gasteiger partial charge in [-0.2, -0.15) is 26.3 Å². The lowest BCUT2D eigenvalue weighted by molar-refractivity contribution is -0.143. The van der Waals surface area contributed by atoms with Crippen molar-refractivity contribution in [3.63, 3.8) is 0 Å². The number of nitrogens with one attached hydrogen (secondary N) is 1. The number of anilines is 1. The standard InChI is InChI=1S/C20H11F7N2O/c21-16-4-2-1-3-15(16)17-6-5-11(10-28-17)18(30)29-14-8-12(19(22,23)24)7-13(9-14)20(25,26)27/h1-10H,(H,29,30). The molecule has 1 aromatic heterocycles. The van der Waals surface area contributed by atoms with Gasteiger partial charge in [0.1, 0.15) is 5.82 Å². The Bertz CT molecular complexity index is 1040. The number of hydrogen-bond donors (Lipinski definition) is 1. The van der Waals surface area contributed by atoms with Crippen LogP contribution in [0.5, 0.6) is 0 Å². The molecule has 1 amide bonds. The van der Waals surface area contributed by atoms with E-state index in [1.54, 1.807) is 6.07 Å². The van der Waals surface area contributed by atoms with E-state index in [-0.39, 0.29) is 22.9 Å². The molecule has 0 aliphatic rings. The lowest BCUT2D eigenvalue weighted by atomic mass is 10.1. The number of nitrogens with zero attached hydrogens (tertiary/aromatic N) is 1. The topological polar surface area (TPSA) is 42.0 Å². The Balaban J connectivity index is 1.88. The molecule has 156 valence electrons. The lowest BCUT2D eigenvalue weighted by Gasteiger charge is -2.14. The summed E-state index contributed by atoms with van der Waals surface area (Å²) in [5.74, 6) is -1.53. The quantitative estimate of drug-likeness (QED) is 0.507. The summed E-state index contributed by atoms with van der Waals surface area (Å²) in [5, 5.41) is 2.00. The molecule has 2 aromatic carbocycles. The van der Waals surface area contributed by atoms with Crippen LogP contribution in [0.15, 0.2) is 60.8 Å². The number of carbonyl (C=O) groups excluding carboxylic acids is 1. The summed E-state index contributed by atoms with van der Waals surface area (Å²) >= 11 is 0. The molecule has 0 fully saturated rings. The van der Waals surface area contributed by atoms with Gasteiger partial charge < -0.3 is 5.32 Å². The van der Waals surface area contributed by atoms with E-state index in [0.717, 1.165) is 6.20 Å². The van der Waals surface area contributed by atoms with Crippen LogP contribution in [0, 0.1) is 5.82 Å². The molecule has 0 atom stereocenters. The number of amides is 1. The van der Waals surface area contributed by atoms with Crippen LogP contribution in [-0.2, 0) is 12.4 Å². The fourth-order valence-corrected chi connectivity index (χ4v) is 2.59. The molecule has 3 nitrogen and oxygen atoms in total. The van der Waals surface area contributed by atoms with Crippen LogP contribution in [0.1, 0.15) is 21.5 Å². The second-order valence-electron chi connectivity index (χ2n) is 6.16. The average molecular weight is 428 g/mol. The molecule has 1 N–H and O–H groups in total. The molecule has 0 radical (unpaired) electrons. The number of pyridine rings is 1. The number of benzene rings is 2. The molecule has 0 saturated carbocycles. The Hall–Kier alpha value is -3.43. The molecular formula is C20H11F7N2O. The summed E-state index contributed by atoms with van der Waals surface area (Å²) in [4.78, 5) is 16.2. The van der Waals surface area contributed by atoms with Crippen LogP contribution in [-0.4, -0.2) is 10.9 Å². The first-order valence-electron chi connectivity index (χ1n) is 8.27. The Labute approximate surface area is 165 Å². The lowest BCUT2D eigenvalue weighted by Crippen LogP contribution is -2.16. The van der Waals surface area contributed by atoms with Crippen molar-refractivity contribution in [2.75, 3.05) is 5.32 Å². The van der Waals surface area contributed by atoms with Gasteiger partial charge in [-0.25, -0.2) is 4.39 Å². The molecule has 0 spiro atoms. The Morgan fingerprint density at radius 2 is 1.43 bits per heavy atom. The van der Waals surface area contributed by atoms with Crippen molar-refractivity contribution in [3.8, 4) is 11.3 Å². The molecule has 0 aliphatic heterocycles. The van der Waals surface area contributed by atoms with Gasteiger partial charge >= 0.3 is 12.4 Å². The number of alkyl halides is 6. The second-order valence-corrected chi connectivity index (χ2v) is 6.16. The van der Waals surface area contributed by atoms with Gasteiger partial charge in [-0.1, -0.05) is 12.1 Å². The molecule has 30 heavy (non-hydrogen) atoms. The van der Waals surface area contributed by atoms with Crippen molar-refractivity contribution in [3.05, 3.63) is 83.3 Å². The van der Waals surface area contributed by atoms with E-state index >= 15 is 0 Å². The molecule has 3 rings (SSSR count). The number of halogens is 7. The van der Waals surface area contributed by atoms with E-state index in [9.17, 15) is 35.5 Å². The third-order valence-corrected chi connectivity index (χ3v) is 4.02. The van der Waals surface area contributed by atoms with Gasteiger partial charge in [0.25, 0.3) is 5.91 Å². The summed E-state index contributed by atoms with van der Waals surface area (Å²) in [5.41, 5.74) is -3.57. The zero-order chi connectivity index (χ0) is 22.1. The maximum Gasteiger partial charge on any atom is 0.416 e. The van der Waals surface area contributed by atoms with Gasteiger partial charge in [0, 0.05) is 17.4 Å². The minimum absolute atomic E-state index is 0.0413. The maximum atomic E-state index is 13.8. The first kappa shape index (κ1) is 21.3. The number of carbonyl (C=O) groups is 1. The minimum atomic E-state index is -5.04. The first-order chi connectivity index (χ1) is 13.9. The number of hydrogen-bond acceptors (Lipinski definition) is 2. The van der Waals surface area contributed by atoms with E-state index in [0.29, 0.717) is 12.1 Å². The molecule has 0 saturated heterocycles. The van der Waals surface area contributed by atoms with Crippen LogP contribution in [0.4, 0.5) is 36.4 Å². The zero-order valence-electron chi connectivity index (χ0n) is 14.8. The van der Waals surface area contributed by atoms with Crippen molar-refractivity contribution in [2.24, 2.45) is 0 Å². The molecule has 1 heterocycles. The largest absolute Gasteiger partial charge is 0.416 e. The van der Waals surface area contributed by atoms with Crippen LogP contribution >= 0.6 is 0 Å². The highest BCUT2D eigenvalue weighted by molar-refractivity contribution is 6.04. The molecule has 0 aliphatic carbocycles. The van der Waals surface area contributed by atoms with Crippen LogP contribution in [0.3, 0.4) is 0 Å². The van der Waals surface area contributed by atoms with Crippen molar-refractivity contribution in [2.45, 2.75) is 12.4 Å². The summed E-state index contributed by atoms with van der Waals surface area (Å²) < 4.78 is 91.3. The van der Waals surface area contributed by atoms with Crippen molar-refractivity contribution in [1.29, 1.82) is 0 Å². The van der Waals surface area contributed by atoms with Gasteiger partial charge in [0.05, 0.1) is 22.4 Å². The third-order valence-electron chi connectivity index (χ3n) is 4.02. The predicted octanol–water partition coefficient (Wildman–Crippen LogP) is 6.18. The summed E-state index contributed by atoms with van der Waals surface area (Å²) in [6.07, 6.45) is -9.04. The highest BCUT2D eigenvalue weighted by Crippen LogP contribution is 2.37. The molecule has 0 unspecified atom stereocenters. The maximum absolute atomic E-state index is 13.8. The van der Waals surface area contributed by atoms with E-state index < -0.39 is 40.9 Å². The highest BCUT2D eigenvalue weighted by atomic mass is 19.4.